The molecular formula is C12H18N2O6S. The van der Waals surface area contributed by atoms with Gasteiger partial charge in [-0.15, -0.1) is 0 Å². The molecule has 0 aliphatic rings. The number of aromatic carboxylic acids is 1. The molecule has 0 spiro atoms. The van der Waals surface area contributed by atoms with Crippen molar-refractivity contribution in [2.24, 2.45) is 0 Å². The maximum Gasteiger partial charge on any atom is 0.340 e. The lowest BCUT2D eigenvalue weighted by Gasteiger charge is -2.14. The molecule has 1 heterocycles. The Bertz CT molecular complexity index is 662. The molecule has 0 bridgehead atoms. The van der Waals surface area contributed by atoms with Crippen molar-refractivity contribution in [3.8, 4) is 0 Å². The predicted molar refractivity (Wildman–Crippen MR) is 73.6 cm³/mol. The fraction of sp³-hybridized carbons (Fsp3) is 0.500. The zero-order valence-electron chi connectivity index (χ0n) is 12.3. The third-order valence-electron chi connectivity index (χ3n) is 3.00. The van der Waals surface area contributed by atoms with Gasteiger partial charge in [0.2, 0.25) is 15.9 Å². The van der Waals surface area contributed by atoms with E-state index in [1.165, 1.54) is 25.8 Å². The molecule has 1 aromatic rings. The Balaban J connectivity index is 3.10. The number of furan rings is 1. The normalized spacial score (nSPS) is 11.4. The average molecular weight is 318 g/mol. The number of amides is 1. The molecule has 0 atom stereocenters. The van der Waals surface area contributed by atoms with E-state index in [2.05, 4.69) is 4.72 Å². The van der Waals surface area contributed by atoms with Crippen LogP contribution in [-0.2, 0) is 14.8 Å². The van der Waals surface area contributed by atoms with Gasteiger partial charge in [0.05, 0.1) is 6.54 Å². The third-order valence-corrected chi connectivity index (χ3v) is 4.55. The molecule has 0 aliphatic heterocycles. The van der Waals surface area contributed by atoms with E-state index in [1.54, 1.807) is 6.92 Å². The number of carboxylic acids is 1. The minimum atomic E-state index is -4.15. The van der Waals surface area contributed by atoms with Gasteiger partial charge in [-0.25, -0.2) is 17.9 Å². The molecule has 1 rings (SSSR count). The first-order valence-electron chi connectivity index (χ1n) is 6.18. The number of nitrogens with one attached hydrogen (secondary N) is 1. The molecule has 8 nitrogen and oxygen atoms in total. The van der Waals surface area contributed by atoms with Crippen LogP contribution in [0.25, 0.3) is 0 Å². The number of sulfonamides is 1. The summed E-state index contributed by atoms with van der Waals surface area (Å²) in [5.41, 5.74) is -0.420. The molecule has 118 valence electrons. The maximum absolute atomic E-state index is 12.2. The van der Waals surface area contributed by atoms with Gasteiger partial charge in [0.1, 0.15) is 22.0 Å². The van der Waals surface area contributed by atoms with Crippen molar-refractivity contribution in [3.63, 3.8) is 0 Å². The van der Waals surface area contributed by atoms with E-state index in [9.17, 15) is 18.0 Å². The standard InChI is InChI=1S/C12H18N2O6S/c1-5-14(4)9(15)6-13-21(18,19)11-8(3)20-7(2)10(11)12(16)17/h13H,5-6H2,1-4H3,(H,16,17). The molecule has 0 aromatic carbocycles. The van der Waals surface area contributed by atoms with Gasteiger partial charge in [0, 0.05) is 13.6 Å². The van der Waals surface area contributed by atoms with E-state index in [0.29, 0.717) is 6.54 Å². The van der Waals surface area contributed by atoms with Crippen molar-refractivity contribution >= 4 is 21.9 Å². The number of hydrogen-bond donors (Lipinski definition) is 2. The highest BCUT2D eigenvalue weighted by molar-refractivity contribution is 7.89. The number of likely N-dealkylation sites (N-methyl/N-ethyl adjacent to an activating group) is 1. The Morgan fingerprint density at radius 2 is 1.86 bits per heavy atom. The SMILES string of the molecule is CCN(C)C(=O)CNS(=O)(=O)c1c(C)oc(C)c1C(=O)O. The van der Waals surface area contributed by atoms with Crippen molar-refractivity contribution in [1.29, 1.82) is 0 Å². The zero-order valence-corrected chi connectivity index (χ0v) is 13.1. The van der Waals surface area contributed by atoms with Crippen molar-refractivity contribution < 1.29 is 27.5 Å². The minimum Gasteiger partial charge on any atom is -0.478 e. The van der Waals surface area contributed by atoms with Crippen LogP contribution in [0.3, 0.4) is 0 Å². The molecular weight excluding hydrogens is 300 g/mol. The van der Waals surface area contributed by atoms with Gasteiger partial charge < -0.3 is 14.4 Å². The number of carboxylic acid groups (broad SMARTS) is 1. The lowest BCUT2D eigenvalue weighted by molar-refractivity contribution is -0.128. The number of hydrogen-bond acceptors (Lipinski definition) is 5. The quantitative estimate of drug-likeness (QED) is 0.781. The van der Waals surface area contributed by atoms with Gasteiger partial charge in [-0.2, -0.15) is 0 Å². The smallest absolute Gasteiger partial charge is 0.340 e. The Morgan fingerprint density at radius 3 is 2.33 bits per heavy atom. The van der Waals surface area contributed by atoms with E-state index in [4.69, 9.17) is 9.52 Å². The van der Waals surface area contributed by atoms with Crippen molar-refractivity contribution in [2.45, 2.75) is 25.7 Å². The molecule has 0 radical (unpaired) electrons. The molecule has 0 fully saturated rings. The summed E-state index contributed by atoms with van der Waals surface area (Å²) >= 11 is 0. The van der Waals surface area contributed by atoms with E-state index in [1.807, 2.05) is 0 Å². The second kappa shape index (κ2) is 6.27. The topological polar surface area (TPSA) is 117 Å². The molecule has 0 saturated heterocycles. The molecule has 0 saturated carbocycles. The molecule has 2 N–H and O–H groups in total. The molecule has 1 amide bonds. The van der Waals surface area contributed by atoms with Gasteiger partial charge in [-0.05, 0) is 20.8 Å². The Hall–Kier alpha value is -1.87. The Kier molecular flexibility index (Phi) is 5.13. The largest absolute Gasteiger partial charge is 0.478 e. The first-order valence-corrected chi connectivity index (χ1v) is 7.67. The van der Waals surface area contributed by atoms with Crippen LogP contribution >= 0.6 is 0 Å². The molecule has 0 aliphatic carbocycles. The van der Waals surface area contributed by atoms with Crippen LogP contribution in [0.1, 0.15) is 28.8 Å². The summed E-state index contributed by atoms with van der Waals surface area (Å²) in [4.78, 5) is 23.7. The van der Waals surface area contributed by atoms with Crippen molar-refractivity contribution in [1.82, 2.24) is 9.62 Å². The van der Waals surface area contributed by atoms with Gasteiger partial charge >= 0.3 is 5.97 Å². The summed E-state index contributed by atoms with van der Waals surface area (Å²) < 4.78 is 31.6. The van der Waals surface area contributed by atoms with E-state index >= 15 is 0 Å². The number of aryl methyl sites for hydroxylation is 2. The van der Waals surface area contributed by atoms with Crippen LogP contribution in [0, 0.1) is 13.8 Å². The van der Waals surface area contributed by atoms with E-state index in [0.717, 1.165) is 0 Å². The second-order valence-electron chi connectivity index (χ2n) is 4.46. The Morgan fingerprint density at radius 1 is 1.29 bits per heavy atom. The van der Waals surface area contributed by atoms with Gasteiger partial charge in [-0.1, -0.05) is 0 Å². The fourth-order valence-corrected chi connectivity index (χ4v) is 3.15. The molecule has 9 heteroatoms. The summed E-state index contributed by atoms with van der Waals surface area (Å²) in [6, 6.07) is 0. The summed E-state index contributed by atoms with van der Waals surface area (Å²) in [7, 11) is -2.62. The van der Waals surface area contributed by atoms with Crippen LogP contribution in [0.4, 0.5) is 0 Å². The maximum atomic E-state index is 12.2. The highest BCUT2D eigenvalue weighted by Gasteiger charge is 2.31. The number of nitrogens with zero attached hydrogens (tertiary/aromatic N) is 1. The lowest BCUT2D eigenvalue weighted by atomic mass is 10.2. The third kappa shape index (κ3) is 3.61. The van der Waals surface area contributed by atoms with Crippen LogP contribution < -0.4 is 4.72 Å². The minimum absolute atomic E-state index is 0.00243. The van der Waals surface area contributed by atoms with Crippen LogP contribution in [-0.4, -0.2) is 50.4 Å². The second-order valence-corrected chi connectivity index (χ2v) is 6.16. The monoisotopic (exact) mass is 318 g/mol. The summed E-state index contributed by atoms with van der Waals surface area (Å²) in [6.07, 6.45) is 0. The Labute approximate surface area is 122 Å². The molecule has 1 aromatic heterocycles. The van der Waals surface area contributed by atoms with Gasteiger partial charge in [-0.3, -0.25) is 4.79 Å². The average Bonchev–Trinajstić information content (AvgIpc) is 2.70. The molecule has 21 heavy (non-hydrogen) atoms. The number of rotatable bonds is 6. The van der Waals surface area contributed by atoms with Crippen molar-refractivity contribution in [2.75, 3.05) is 20.1 Å². The zero-order chi connectivity index (χ0) is 16.4. The predicted octanol–water partition coefficient (Wildman–Crippen LogP) is 0.351. The van der Waals surface area contributed by atoms with Crippen LogP contribution in [0.5, 0.6) is 0 Å². The number of carbonyl (C=O) groups excluding carboxylic acids is 1. The van der Waals surface area contributed by atoms with Crippen LogP contribution in [0.2, 0.25) is 0 Å². The number of carbonyl (C=O) groups is 2. The summed E-state index contributed by atoms with van der Waals surface area (Å²) in [5.74, 6) is -1.86. The summed E-state index contributed by atoms with van der Waals surface area (Å²) in [5, 5.41) is 9.10. The van der Waals surface area contributed by atoms with E-state index in [-0.39, 0.29) is 11.5 Å². The first kappa shape index (κ1) is 17.2. The summed E-state index contributed by atoms with van der Waals surface area (Å²) in [6.45, 7) is 4.46. The van der Waals surface area contributed by atoms with Crippen LogP contribution in [0.15, 0.2) is 9.31 Å². The highest BCUT2D eigenvalue weighted by atomic mass is 32.2. The van der Waals surface area contributed by atoms with Gasteiger partial charge in [0.25, 0.3) is 0 Å². The van der Waals surface area contributed by atoms with Gasteiger partial charge in [0.15, 0.2) is 0 Å². The van der Waals surface area contributed by atoms with E-state index < -0.39 is 38.9 Å². The lowest BCUT2D eigenvalue weighted by Crippen LogP contribution is -2.38. The fourth-order valence-electron chi connectivity index (χ4n) is 1.77. The molecule has 0 unspecified atom stereocenters. The van der Waals surface area contributed by atoms with Crippen molar-refractivity contribution in [3.05, 3.63) is 17.1 Å². The first-order chi connectivity index (χ1) is 9.61. The highest BCUT2D eigenvalue weighted by Crippen LogP contribution is 2.26.